The average molecular weight is 519 g/mol. The third-order valence-corrected chi connectivity index (χ3v) is 6.23. The minimum Gasteiger partial charge on any atom is -0.507 e. The largest absolute Gasteiger partial charge is 0.507 e. The van der Waals surface area contributed by atoms with Crippen LogP contribution in [0.5, 0.6) is 11.5 Å². The number of phenols is 1. The molecule has 0 spiro atoms. The molecule has 200 valence electrons. The molecule has 0 aliphatic rings. The lowest BCUT2D eigenvalue weighted by Gasteiger charge is -2.24. The fourth-order valence-electron chi connectivity index (χ4n) is 4.23. The molecule has 1 N–H and O–H groups in total. The second kappa shape index (κ2) is 12.8. The summed E-state index contributed by atoms with van der Waals surface area (Å²) in [6.07, 6.45) is 3.17. The summed E-state index contributed by atoms with van der Waals surface area (Å²) in [6.45, 7) is 9.85. The summed E-state index contributed by atoms with van der Waals surface area (Å²) in [6, 6.07) is 15.1. The van der Waals surface area contributed by atoms with E-state index in [0.29, 0.717) is 17.0 Å². The molecule has 0 atom stereocenters. The van der Waals surface area contributed by atoms with Crippen LogP contribution in [-0.2, 0) is 11.2 Å². The van der Waals surface area contributed by atoms with Gasteiger partial charge in [-0.15, -0.1) is 0 Å². The van der Waals surface area contributed by atoms with Crippen LogP contribution in [0.4, 0.5) is 16.2 Å². The number of rotatable bonds is 11. The molecule has 0 heterocycles. The standard InChI is InChI=1S/C30H34N2O6/c1-6-7-8-9-22-17-27(33)29(26-16-21(4)10-15-25(26)20(2)3)28(18-22)38-19-31(30(34)37-5)23-11-13-24(14-12-23)32(35)36/h10-18,33H,2,6-9,19H2,1,3-5H3. The van der Waals surface area contributed by atoms with Crippen LogP contribution >= 0.6 is 0 Å². The number of nitro groups is 1. The highest BCUT2D eigenvalue weighted by Gasteiger charge is 2.22. The van der Waals surface area contributed by atoms with Crippen LogP contribution in [0.15, 0.2) is 61.2 Å². The highest BCUT2D eigenvalue weighted by molar-refractivity contribution is 5.88. The summed E-state index contributed by atoms with van der Waals surface area (Å²) in [7, 11) is 1.25. The van der Waals surface area contributed by atoms with E-state index < -0.39 is 11.0 Å². The number of phenolic OH excluding ortho intramolecular Hbond substituents is 1. The molecule has 8 heteroatoms. The third-order valence-electron chi connectivity index (χ3n) is 6.23. The number of aromatic hydroxyl groups is 1. The summed E-state index contributed by atoms with van der Waals surface area (Å²) in [4.78, 5) is 24.4. The minimum absolute atomic E-state index is 0.0713. The van der Waals surface area contributed by atoms with Crippen LogP contribution in [0.2, 0.25) is 0 Å². The molecule has 8 nitrogen and oxygen atoms in total. The van der Waals surface area contributed by atoms with E-state index in [0.717, 1.165) is 53.5 Å². The molecule has 0 fully saturated rings. The van der Waals surface area contributed by atoms with E-state index in [-0.39, 0.29) is 18.2 Å². The first-order valence-corrected chi connectivity index (χ1v) is 12.5. The van der Waals surface area contributed by atoms with Crippen molar-refractivity contribution in [3.05, 3.63) is 88.0 Å². The first-order valence-electron chi connectivity index (χ1n) is 12.5. The zero-order valence-electron chi connectivity index (χ0n) is 22.3. The van der Waals surface area contributed by atoms with Crippen molar-refractivity contribution in [1.82, 2.24) is 0 Å². The van der Waals surface area contributed by atoms with Gasteiger partial charge in [-0.3, -0.25) is 10.1 Å². The van der Waals surface area contributed by atoms with E-state index in [1.54, 1.807) is 6.07 Å². The average Bonchev–Trinajstić information content (AvgIpc) is 2.88. The molecule has 38 heavy (non-hydrogen) atoms. The number of benzene rings is 3. The summed E-state index contributed by atoms with van der Waals surface area (Å²) < 4.78 is 11.2. The number of ether oxygens (including phenoxy) is 2. The number of anilines is 1. The number of nitro benzene ring substituents is 1. The number of carbonyl (C=O) groups is 1. The Morgan fingerprint density at radius 3 is 2.42 bits per heavy atom. The molecule has 0 radical (unpaired) electrons. The van der Waals surface area contributed by atoms with Gasteiger partial charge in [-0.05, 0) is 67.6 Å². The van der Waals surface area contributed by atoms with Crippen molar-refractivity contribution in [3.8, 4) is 22.6 Å². The molecule has 0 saturated carbocycles. The molecule has 3 rings (SSSR count). The normalized spacial score (nSPS) is 10.6. The summed E-state index contributed by atoms with van der Waals surface area (Å²) in [5, 5.41) is 22.3. The van der Waals surface area contributed by atoms with E-state index in [4.69, 9.17) is 9.47 Å². The quantitative estimate of drug-likeness (QED) is 0.121. The van der Waals surface area contributed by atoms with Crippen LogP contribution in [0.3, 0.4) is 0 Å². The molecule has 1 amide bonds. The van der Waals surface area contributed by atoms with Crippen molar-refractivity contribution in [2.45, 2.75) is 46.5 Å². The summed E-state index contributed by atoms with van der Waals surface area (Å²) in [5.41, 5.74) is 5.16. The fraction of sp³-hybridized carbons (Fsp3) is 0.300. The van der Waals surface area contributed by atoms with Crippen LogP contribution < -0.4 is 9.64 Å². The third kappa shape index (κ3) is 6.70. The lowest BCUT2D eigenvalue weighted by molar-refractivity contribution is -0.384. The fourth-order valence-corrected chi connectivity index (χ4v) is 4.23. The Morgan fingerprint density at radius 2 is 1.82 bits per heavy atom. The Kier molecular flexibility index (Phi) is 9.49. The Morgan fingerprint density at radius 1 is 1.11 bits per heavy atom. The highest BCUT2D eigenvalue weighted by atomic mass is 16.6. The van der Waals surface area contributed by atoms with Gasteiger partial charge in [-0.2, -0.15) is 0 Å². The Bertz CT molecular complexity index is 1320. The second-order valence-corrected chi connectivity index (χ2v) is 9.22. The van der Waals surface area contributed by atoms with Crippen molar-refractivity contribution in [3.63, 3.8) is 0 Å². The zero-order chi connectivity index (χ0) is 27.8. The molecule has 0 aromatic heterocycles. The summed E-state index contributed by atoms with van der Waals surface area (Å²) in [5.74, 6) is 0.475. The number of methoxy groups -OCH3 is 1. The number of hydrogen-bond donors (Lipinski definition) is 1. The number of carbonyl (C=O) groups excluding carboxylic acids is 1. The molecule has 0 aliphatic heterocycles. The minimum atomic E-state index is -0.693. The maximum Gasteiger partial charge on any atom is 0.416 e. The number of non-ortho nitro benzene ring substituents is 1. The number of allylic oxidation sites excluding steroid dienone is 1. The lowest BCUT2D eigenvalue weighted by Crippen LogP contribution is -2.34. The summed E-state index contributed by atoms with van der Waals surface area (Å²) >= 11 is 0. The number of nitrogens with zero attached hydrogens (tertiary/aromatic N) is 2. The van der Waals surface area contributed by atoms with Crippen LogP contribution in [0.25, 0.3) is 16.7 Å². The van der Waals surface area contributed by atoms with Crippen molar-refractivity contribution in [2.75, 3.05) is 18.7 Å². The van der Waals surface area contributed by atoms with Crippen LogP contribution in [0, 0.1) is 17.0 Å². The number of aryl methyl sites for hydroxylation is 2. The van der Waals surface area contributed by atoms with Crippen molar-refractivity contribution in [2.24, 2.45) is 0 Å². The van der Waals surface area contributed by atoms with Gasteiger partial charge in [0.05, 0.1) is 23.3 Å². The van der Waals surface area contributed by atoms with E-state index in [1.165, 1.54) is 36.3 Å². The Balaban J connectivity index is 2.07. The van der Waals surface area contributed by atoms with Crippen LogP contribution in [0.1, 0.15) is 49.8 Å². The van der Waals surface area contributed by atoms with Gasteiger partial charge in [-0.25, -0.2) is 9.69 Å². The van der Waals surface area contributed by atoms with E-state index >= 15 is 0 Å². The number of hydrogen-bond acceptors (Lipinski definition) is 6. The maximum atomic E-state index is 12.6. The lowest BCUT2D eigenvalue weighted by atomic mass is 9.91. The molecule has 0 aliphatic carbocycles. The highest BCUT2D eigenvalue weighted by Crippen LogP contribution is 2.43. The first-order chi connectivity index (χ1) is 18.2. The SMILES string of the molecule is C=C(C)c1ccc(C)cc1-c1c(O)cc(CCCCC)cc1OCN(C(=O)OC)c1ccc([N+](=O)[O-])cc1. The topological polar surface area (TPSA) is 102 Å². The molecule has 3 aromatic rings. The van der Waals surface area contributed by atoms with Gasteiger partial charge in [0, 0.05) is 12.1 Å². The van der Waals surface area contributed by atoms with Gasteiger partial charge in [0.1, 0.15) is 11.5 Å². The van der Waals surface area contributed by atoms with Gasteiger partial charge < -0.3 is 14.6 Å². The number of unbranched alkanes of at least 4 members (excludes halogenated alkanes) is 2. The zero-order valence-corrected chi connectivity index (χ0v) is 22.3. The number of amides is 1. The van der Waals surface area contributed by atoms with Gasteiger partial charge in [0.15, 0.2) is 6.73 Å². The van der Waals surface area contributed by atoms with Crippen molar-refractivity contribution in [1.29, 1.82) is 0 Å². The van der Waals surface area contributed by atoms with E-state index in [2.05, 4.69) is 13.5 Å². The van der Waals surface area contributed by atoms with E-state index in [9.17, 15) is 20.0 Å². The van der Waals surface area contributed by atoms with Crippen molar-refractivity contribution >= 4 is 23.0 Å². The second-order valence-electron chi connectivity index (χ2n) is 9.22. The Hall–Kier alpha value is -4.33. The predicted molar refractivity (Wildman–Crippen MR) is 150 cm³/mol. The Labute approximate surface area is 223 Å². The van der Waals surface area contributed by atoms with Gasteiger partial charge in [-0.1, -0.05) is 55.7 Å². The maximum absolute atomic E-state index is 12.6. The molecule has 0 unspecified atom stereocenters. The molecular formula is C30H34N2O6. The molecular weight excluding hydrogens is 484 g/mol. The van der Waals surface area contributed by atoms with Gasteiger partial charge >= 0.3 is 6.09 Å². The van der Waals surface area contributed by atoms with Gasteiger partial charge in [0.25, 0.3) is 5.69 Å². The monoisotopic (exact) mass is 518 g/mol. The molecule has 0 saturated heterocycles. The van der Waals surface area contributed by atoms with Crippen LogP contribution in [-0.4, -0.2) is 30.0 Å². The van der Waals surface area contributed by atoms with Gasteiger partial charge in [0.2, 0.25) is 0 Å². The first kappa shape index (κ1) is 28.2. The molecule has 3 aromatic carbocycles. The smallest absolute Gasteiger partial charge is 0.416 e. The molecule has 0 bridgehead atoms. The van der Waals surface area contributed by atoms with E-state index in [1.807, 2.05) is 38.1 Å². The van der Waals surface area contributed by atoms with Crippen molar-refractivity contribution < 1.29 is 24.3 Å². The predicted octanol–water partition coefficient (Wildman–Crippen LogP) is 7.65.